The number of nitrogens with one attached hydrogen (secondary N) is 1. The first-order chi connectivity index (χ1) is 8.69. The number of hydrogen-bond acceptors (Lipinski definition) is 1. The van der Waals surface area contributed by atoms with Crippen molar-refractivity contribution in [2.45, 2.75) is 58.4 Å². The van der Waals surface area contributed by atoms with E-state index in [1.165, 1.54) is 44.1 Å². The van der Waals surface area contributed by atoms with E-state index in [-0.39, 0.29) is 0 Å². The van der Waals surface area contributed by atoms with Crippen LogP contribution in [0.4, 0.5) is 5.69 Å². The van der Waals surface area contributed by atoms with Crippen molar-refractivity contribution in [3.05, 3.63) is 28.8 Å². The summed E-state index contributed by atoms with van der Waals surface area (Å²) in [6.45, 7) is 4.43. The van der Waals surface area contributed by atoms with Crippen molar-refractivity contribution in [1.29, 1.82) is 0 Å². The summed E-state index contributed by atoms with van der Waals surface area (Å²) < 4.78 is 0. The van der Waals surface area contributed by atoms with Gasteiger partial charge in [-0.2, -0.15) is 0 Å². The minimum absolute atomic E-state index is 0.598. The first-order valence-electron chi connectivity index (χ1n) is 7.21. The third kappa shape index (κ3) is 3.65. The number of aryl methyl sites for hydroxylation is 1. The Bertz CT molecular complexity index is 389. The summed E-state index contributed by atoms with van der Waals surface area (Å²) in [7, 11) is 0. The maximum atomic E-state index is 6.25. The lowest BCUT2D eigenvalue weighted by Gasteiger charge is -2.19. The van der Waals surface area contributed by atoms with Crippen LogP contribution in [-0.2, 0) is 0 Å². The van der Waals surface area contributed by atoms with Gasteiger partial charge in [0.05, 0.1) is 10.7 Å². The lowest BCUT2D eigenvalue weighted by molar-refractivity contribution is 0.444. The van der Waals surface area contributed by atoms with Crippen LogP contribution in [0.1, 0.15) is 51.0 Å². The summed E-state index contributed by atoms with van der Waals surface area (Å²) >= 11 is 6.25. The van der Waals surface area contributed by atoms with Gasteiger partial charge in [0, 0.05) is 6.04 Å². The molecule has 1 fully saturated rings. The molecule has 2 unspecified atom stereocenters. The highest BCUT2D eigenvalue weighted by Crippen LogP contribution is 2.29. The molecule has 1 saturated carbocycles. The predicted octanol–water partition coefficient (Wildman–Crippen LogP) is 5.42. The molecule has 0 amide bonds. The van der Waals surface area contributed by atoms with Crippen molar-refractivity contribution < 1.29 is 0 Å². The van der Waals surface area contributed by atoms with Crippen LogP contribution in [0.2, 0.25) is 5.02 Å². The van der Waals surface area contributed by atoms with Crippen LogP contribution < -0.4 is 5.32 Å². The van der Waals surface area contributed by atoms with Crippen LogP contribution in [0.5, 0.6) is 0 Å². The lowest BCUT2D eigenvalue weighted by Crippen LogP contribution is -2.18. The fourth-order valence-corrected chi connectivity index (χ4v) is 3.07. The third-order valence-corrected chi connectivity index (χ3v) is 4.48. The summed E-state index contributed by atoms with van der Waals surface area (Å²) in [6, 6.07) is 6.81. The van der Waals surface area contributed by atoms with E-state index < -0.39 is 0 Å². The quantitative estimate of drug-likeness (QED) is 0.720. The van der Waals surface area contributed by atoms with Gasteiger partial charge in [0.2, 0.25) is 0 Å². The SMILES string of the molecule is CCC1CCCC(Nc2cc(C)ccc2Cl)CC1. The molecule has 0 saturated heterocycles. The van der Waals surface area contributed by atoms with E-state index in [1.807, 2.05) is 6.07 Å². The Kier molecular flexibility index (Phi) is 4.94. The van der Waals surface area contributed by atoms with E-state index in [0.29, 0.717) is 6.04 Å². The van der Waals surface area contributed by atoms with Crippen molar-refractivity contribution in [2.24, 2.45) is 5.92 Å². The van der Waals surface area contributed by atoms with Crippen molar-refractivity contribution in [3.8, 4) is 0 Å². The zero-order valence-electron chi connectivity index (χ0n) is 11.5. The molecular formula is C16H24ClN. The summed E-state index contributed by atoms with van der Waals surface area (Å²) in [4.78, 5) is 0. The second-order valence-electron chi connectivity index (χ2n) is 5.61. The Hall–Kier alpha value is -0.690. The van der Waals surface area contributed by atoms with Gasteiger partial charge < -0.3 is 5.32 Å². The Morgan fingerprint density at radius 3 is 2.83 bits per heavy atom. The molecule has 0 bridgehead atoms. The van der Waals surface area contributed by atoms with Crippen molar-refractivity contribution in [2.75, 3.05) is 5.32 Å². The van der Waals surface area contributed by atoms with Crippen molar-refractivity contribution in [3.63, 3.8) is 0 Å². The average Bonchev–Trinajstić information content (AvgIpc) is 2.59. The normalized spacial score (nSPS) is 24.6. The first-order valence-corrected chi connectivity index (χ1v) is 7.59. The zero-order chi connectivity index (χ0) is 13.0. The van der Waals surface area contributed by atoms with Crippen LogP contribution in [0, 0.1) is 12.8 Å². The number of anilines is 1. The molecule has 0 radical (unpaired) electrons. The van der Waals surface area contributed by atoms with E-state index in [9.17, 15) is 0 Å². The molecular weight excluding hydrogens is 242 g/mol. The van der Waals surface area contributed by atoms with E-state index in [1.54, 1.807) is 0 Å². The molecule has 1 aromatic carbocycles. The second kappa shape index (κ2) is 6.47. The van der Waals surface area contributed by atoms with Crippen LogP contribution in [0.3, 0.4) is 0 Å². The molecule has 0 spiro atoms. The standard InChI is InChI=1S/C16H24ClN/c1-3-13-5-4-6-14(9-8-13)18-16-11-12(2)7-10-15(16)17/h7,10-11,13-14,18H,3-6,8-9H2,1-2H3. The van der Waals surface area contributed by atoms with Crippen LogP contribution in [0.25, 0.3) is 0 Å². The topological polar surface area (TPSA) is 12.0 Å². The summed E-state index contributed by atoms with van der Waals surface area (Å²) in [5, 5.41) is 4.49. The minimum Gasteiger partial charge on any atom is -0.381 e. The van der Waals surface area contributed by atoms with Crippen molar-refractivity contribution >= 4 is 17.3 Å². The molecule has 0 heterocycles. The molecule has 18 heavy (non-hydrogen) atoms. The van der Waals surface area contributed by atoms with Crippen LogP contribution >= 0.6 is 11.6 Å². The summed E-state index contributed by atoms with van der Waals surface area (Å²) in [5.41, 5.74) is 2.37. The van der Waals surface area contributed by atoms with Gasteiger partial charge in [-0.15, -0.1) is 0 Å². The number of benzene rings is 1. The number of rotatable bonds is 3. The van der Waals surface area contributed by atoms with E-state index in [2.05, 4.69) is 31.3 Å². The lowest BCUT2D eigenvalue weighted by atomic mass is 9.98. The largest absolute Gasteiger partial charge is 0.381 e. The molecule has 100 valence electrons. The maximum absolute atomic E-state index is 6.25. The summed E-state index contributed by atoms with van der Waals surface area (Å²) in [6.07, 6.45) is 7.99. The van der Waals surface area contributed by atoms with E-state index in [0.717, 1.165) is 16.6 Å². The second-order valence-corrected chi connectivity index (χ2v) is 6.01. The molecule has 0 aliphatic heterocycles. The minimum atomic E-state index is 0.598. The van der Waals surface area contributed by atoms with Crippen molar-refractivity contribution in [1.82, 2.24) is 0 Å². The van der Waals surface area contributed by atoms with Gasteiger partial charge in [-0.3, -0.25) is 0 Å². The molecule has 1 N–H and O–H groups in total. The van der Waals surface area contributed by atoms with Gasteiger partial charge >= 0.3 is 0 Å². The monoisotopic (exact) mass is 265 g/mol. The van der Waals surface area contributed by atoms with Gasteiger partial charge in [-0.25, -0.2) is 0 Å². The molecule has 0 aromatic heterocycles. The molecule has 1 aliphatic carbocycles. The fraction of sp³-hybridized carbons (Fsp3) is 0.625. The van der Waals surface area contributed by atoms with Gasteiger partial charge in [0.15, 0.2) is 0 Å². The molecule has 1 aliphatic rings. The maximum Gasteiger partial charge on any atom is 0.0637 e. The van der Waals surface area contributed by atoms with Crippen LogP contribution in [-0.4, -0.2) is 6.04 Å². The first kappa shape index (κ1) is 13.7. The van der Waals surface area contributed by atoms with Gasteiger partial charge in [0.1, 0.15) is 0 Å². The molecule has 2 heteroatoms. The fourth-order valence-electron chi connectivity index (χ4n) is 2.90. The average molecular weight is 266 g/mol. The van der Waals surface area contributed by atoms with Gasteiger partial charge in [0.25, 0.3) is 0 Å². The molecule has 1 nitrogen and oxygen atoms in total. The smallest absolute Gasteiger partial charge is 0.0637 e. The molecule has 2 rings (SSSR count). The van der Waals surface area contributed by atoms with Gasteiger partial charge in [-0.05, 0) is 49.8 Å². The highest BCUT2D eigenvalue weighted by atomic mass is 35.5. The number of halogens is 1. The highest BCUT2D eigenvalue weighted by molar-refractivity contribution is 6.33. The molecule has 2 atom stereocenters. The predicted molar refractivity (Wildman–Crippen MR) is 80.5 cm³/mol. The number of hydrogen-bond donors (Lipinski definition) is 1. The van der Waals surface area contributed by atoms with Gasteiger partial charge in [-0.1, -0.05) is 43.9 Å². The van der Waals surface area contributed by atoms with E-state index in [4.69, 9.17) is 11.6 Å². The molecule has 1 aromatic rings. The third-order valence-electron chi connectivity index (χ3n) is 4.15. The zero-order valence-corrected chi connectivity index (χ0v) is 12.3. The highest BCUT2D eigenvalue weighted by Gasteiger charge is 2.18. The Morgan fingerprint density at radius 2 is 2.06 bits per heavy atom. The van der Waals surface area contributed by atoms with Crippen LogP contribution in [0.15, 0.2) is 18.2 Å². The Balaban J connectivity index is 1.98. The van der Waals surface area contributed by atoms with E-state index >= 15 is 0 Å². The Morgan fingerprint density at radius 1 is 1.22 bits per heavy atom. The summed E-state index contributed by atoms with van der Waals surface area (Å²) in [5.74, 6) is 0.935. The Labute approximate surface area is 116 Å².